The molecule has 128 valence electrons. The van der Waals surface area contributed by atoms with Crippen LogP contribution in [-0.2, 0) is 9.53 Å². The summed E-state index contributed by atoms with van der Waals surface area (Å²) in [5.74, 6) is -0.0119. The van der Waals surface area contributed by atoms with Gasteiger partial charge in [0.25, 0.3) is 0 Å². The second kappa shape index (κ2) is 6.79. The molecule has 0 unspecified atom stereocenters. The van der Waals surface area contributed by atoms with E-state index < -0.39 is 12.0 Å². The molecule has 2 aromatic rings. The molecular weight excluding hydrogens is 363 g/mol. The number of rotatable bonds is 3. The van der Waals surface area contributed by atoms with Gasteiger partial charge >= 0.3 is 5.97 Å². The first-order chi connectivity index (χ1) is 12.0. The summed E-state index contributed by atoms with van der Waals surface area (Å²) in [7, 11) is 0. The minimum atomic E-state index is -0.696. The maximum Gasteiger partial charge on any atom is 0.338 e. The summed E-state index contributed by atoms with van der Waals surface area (Å²) in [6, 6.07) is 6.49. The van der Waals surface area contributed by atoms with Crippen LogP contribution in [0.2, 0.25) is 10.0 Å². The third-order valence-electron chi connectivity index (χ3n) is 3.91. The molecule has 8 heteroatoms. The third-order valence-corrected chi connectivity index (χ3v) is 4.57. The van der Waals surface area contributed by atoms with Crippen LogP contribution in [0.3, 0.4) is 0 Å². The predicted molar refractivity (Wildman–Crippen MR) is 94.5 cm³/mol. The standard InChI is InChI=1S/C17H14Cl2N4O2/c1-3-25-17(24)13-9(2)22-16-10(7-20)8-21-23(16)15(13)14-11(18)5-4-6-12(14)19/h4-6,8,15,22H,3H2,1-2H3/t15-/m0/s1. The van der Waals surface area contributed by atoms with E-state index in [9.17, 15) is 10.1 Å². The maximum absolute atomic E-state index is 12.6. The summed E-state index contributed by atoms with van der Waals surface area (Å²) < 4.78 is 6.73. The van der Waals surface area contributed by atoms with Crippen molar-refractivity contribution in [3.8, 4) is 6.07 Å². The number of nitrogens with zero attached hydrogens (tertiary/aromatic N) is 3. The number of hydrogen-bond donors (Lipinski definition) is 1. The molecule has 0 bridgehead atoms. The molecule has 1 aromatic carbocycles. The van der Waals surface area contributed by atoms with Gasteiger partial charge in [-0.2, -0.15) is 10.4 Å². The maximum atomic E-state index is 12.6. The Morgan fingerprint density at radius 3 is 2.72 bits per heavy atom. The first-order valence-corrected chi connectivity index (χ1v) is 8.31. The Bertz CT molecular complexity index is 907. The summed E-state index contributed by atoms with van der Waals surface area (Å²) in [6.07, 6.45) is 1.43. The van der Waals surface area contributed by atoms with Crippen molar-refractivity contribution in [3.63, 3.8) is 0 Å². The van der Waals surface area contributed by atoms with Crippen LogP contribution < -0.4 is 5.32 Å². The van der Waals surface area contributed by atoms with E-state index in [1.165, 1.54) is 10.9 Å². The van der Waals surface area contributed by atoms with Gasteiger partial charge in [-0.1, -0.05) is 29.3 Å². The van der Waals surface area contributed by atoms with Crippen molar-refractivity contribution in [1.82, 2.24) is 9.78 Å². The SMILES string of the molecule is CCOC(=O)C1=C(C)Nc2c(C#N)cnn2[C@@H]1c1c(Cl)cccc1Cl. The third kappa shape index (κ3) is 2.86. The van der Waals surface area contributed by atoms with E-state index in [4.69, 9.17) is 27.9 Å². The molecule has 2 heterocycles. The number of hydrogen-bond acceptors (Lipinski definition) is 5. The normalized spacial score (nSPS) is 16.0. The molecule has 3 rings (SSSR count). The molecule has 0 saturated carbocycles. The van der Waals surface area contributed by atoms with Crippen LogP contribution in [-0.4, -0.2) is 22.4 Å². The molecule has 0 amide bonds. The van der Waals surface area contributed by atoms with Crippen LogP contribution in [0, 0.1) is 11.3 Å². The summed E-state index contributed by atoms with van der Waals surface area (Å²) in [5, 5.41) is 17.4. The second-order valence-corrected chi connectivity index (χ2v) is 6.20. The molecule has 0 fully saturated rings. The number of carbonyl (C=O) groups excluding carboxylic acids is 1. The van der Waals surface area contributed by atoms with Gasteiger partial charge in [-0.05, 0) is 26.0 Å². The largest absolute Gasteiger partial charge is 0.463 e. The predicted octanol–water partition coefficient (Wildman–Crippen LogP) is 3.91. The lowest BCUT2D eigenvalue weighted by atomic mass is 9.95. The number of allylic oxidation sites excluding steroid dienone is 1. The summed E-state index contributed by atoms with van der Waals surface area (Å²) in [5.41, 5.74) is 1.79. The van der Waals surface area contributed by atoms with Gasteiger partial charge in [0.1, 0.15) is 23.5 Å². The van der Waals surface area contributed by atoms with Crippen molar-refractivity contribution < 1.29 is 9.53 Å². The van der Waals surface area contributed by atoms with Crippen LogP contribution in [0.1, 0.15) is 31.0 Å². The van der Waals surface area contributed by atoms with Crippen molar-refractivity contribution in [3.05, 3.63) is 56.8 Å². The number of esters is 1. The Kier molecular flexibility index (Phi) is 4.71. The monoisotopic (exact) mass is 376 g/mol. The Balaban J connectivity index is 2.28. The molecule has 1 atom stereocenters. The van der Waals surface area contributed by atoms with E-state index in [-0.39, 0.29) is 6.61 Å². The average molecular weight is 377 g/mol. The minimum Gasteiger partial charge on any atom is -0.463 e. The van der Waals surface area contributed by atoms with Crippen molar-refractivity contribution in [2.75, 3.05) is 11.9 Å². The first-order valence-electron chi connectivity index (χ1n) is 7.56. The minimum absolute atomic E-state index is 0.230. The molecule has 0 aliphatic carbocycles. The van der Waals surface area contributed by atoms with Crippen LogP contribution in [0.5, 0.6) is 0 Å². The number of nitrogens with one attached hydrogen (secondary N) is 1. The zero-order valence-electron chi connectivity index (χ0n) is 13.5. The second-order valence-electron chi connectivity index (χ2n) is 5.39. The Morgan fingerprint density at radius 2 is 2.12 bits per heavy atom. The lowest BCUT2D eigenvalue weighted by Crippen LogP contribution is -2.30. The fourth-order valence-corrected chi connectivity index (χ4v) is 3.45. The summed E-state index contributed by atoms with van der Waals surface area (Å²) in [4.78, 5) is 12.6. The molecule has 6 nitrogen and oxygen atoms in total. The fraction of sp³-hybridized carbons (Fsp3) is 0.235. The van der Waals surface area contributed by atoms with Crippen LogP contribution in [0.15, 0.2) is 35.7 Å². The molecule has 1 N–H and O–H groups in total. The van der Waals surface area contributed by atoms with Crippen LogP contribution in [0.4, 0.5) is 5.82 Å². The van der Waals surface area contributed by atoms with Gasteiger partial charge in [-0.15, -0.1) is 0 Å². The van der Waals surface area contributed by atoms with Crippen molar-refractivity contribution >= 4 is 35.0 Å². The van der Waals surface area contributed by atoms with E-state index >= 15 is 0 Å². The van der Waals surface area contributed by atoms with Crippen LogP contribution >= 0.6 is 23.2 Å². The molecule has 0 saturated heterocycles. The van der Waals surface area contributed by atoms with Gasteiger partial charge < -0.3 is 10.1 Å². The number of aromatic nitrogens is 2. The van der Waals surface area contributed by atoms with E-state index in [1.54, 1.807) is 32.0 Å². The summed E-state index contributed by atoms with van der Waals surface area (Å²) >= 11 is 12.8. The summed E-state index contributed by atoms with van der Waals surface area (Å²) in [6.45, 7) is 3.70. The molecule has 1 aromatic heterocycles. The fourth-order valence-electron chi connectivity index (χ4n) is 2.85. The Morgan fingerprint density at radius 1 is 1.44 bits per heavy atom. The average Bonchev–Trinajstić information content (AvgIpc) is 2.97. The zero-order chi connectivity index (χ0) is 18.1. The molecule has 1 aliphatic heterocycles. The number of anilines is 1. The highest BCUT2D eigenvalue weighted by Gasteiger charge is 2.37. The van der Waals surface area contributed by atoms with Crippen LogP contribution in [0.25, 0.3) is 0 Å². The van der Waals surface area contributed by atoms with Gasteiger partial charge in [0.15, 0.2) is 0 Å². The van der Waals surface area contributed by atoms with E-state index in [0.717, 1.165) is 0 Å². The van der Waals surface area contributed by atoms with Crippen molar-refractivity contribution in [2.45, 2.75) is 19.9 Å². The lowest BCUT2D eigenvalue weighted by molar-refractivity contribution is -0.139. The van der Waals surface area contributed by atoms with Gasteiger partial charge in [-0.3, -0.25) is 0 Å². The van der Waals surface area contributed by atoms with Gasteiger partial charge in [0.2, 0.25) is 0 Å². The molecular formula is C17H14Cl2N4O2. The zero-order valence-corrected chi connectivity index (χ0v) is 15.0. The molecule has 0 radical (unpaired) electrons. The number of fused-ring (bicyclic) bond motifs is 1. The topological polar surface area (TPSA) is 79.9 Å². The number of halogens is 2. The highest BCUT2D eigenvalue weighted by molar-refractivity contribution is 6.36. The number of benzene rings is 1. The van der Waals surface area contributed by atoms with Gasteiger partial charge in [0, 0.05) is 21.3 Å². The van der Waals surface area contributed by atoms with E-state index in [0.29, 0.717) is 38.3 Å². The lowest BCUT2D eigenvalue weighted by Gasteiger charge is -2.30. The van der Waals surface area contributed by atoms with Gasteiger partial charge in [-0.25, -0.2) is 9.48 Å². The Labute approximate surface area is 154 Å². The number of nitriles is 1. The molecule has 0 spiro atoms. The number of carbonyl (C=O) groups is 1. The van der Waals surface area contributed by atoms with E-state index in [2.05, 4.69) is 16.5 Å². The first kappa shape index (κ1) is 17.3. The molecule has 25 heavy (non-hydrogen) atoms. The van der Waals surface area contributed by atoms with E-state index in [1.807, 2.05) is 0 Å². The number of ether oxygens (including phenoxy) is 1. The van der Waals surface area contributed by atoms with Crippen molar-refractivity contribution in [1.29, 1.82) is 5.26 Å². The quantitative estimate of drug-likeness (QED) is 0.821. The molecule has 1 aliphatic rings. The highest BCUT2D eigenvalue weighted by Crippen LogP contribution is 2.42. The van der Waals surface area contributed by atoms with Crippen molar-refractivity contribution in [2.24, 2.45) is 0 Å². The Hall–Kier alpha value is -2.49. The smallest absolute Gasteiger partial charge is 0.338 e. The van der Waals surface area contributed by atoms with Gasteiger partial charge in [0.05, 0.1) is 18.4 Å². The highest BCUT2D eigenvalue weighted by atomic mass is 35.5.